The minimum absolute atomic E-state index is 0.0346. The number of amides is 2. The van der Waals surface area contributed by atoms with Gasteiger partial charge >= 0.3 is 7.12 Å². The van der Waals surface area contributed by atoms with Crippen LogP contribution in [0.15, 0.2) is 78.0 Å². The molecule has 2 amide bonds. The SMILES string of the molecule is COCC1=C([C@H](O)CC/C(=C/c2ccc(O)cc2Cl)c2ccccn2)[C@H](CO)[C@@H]2C(=O)N(c3cccc(B(O)O)c3)C(=O)[C@@H]2C1. The number of carbonyl (C=O) groups is 2. The van der Waals surface area contributed by atoms with Crippen LogP contribution in [-0.2, 0) is 14.3 Å². The molecule has 12 heteroatoms. The van der Waals surface area contributed by atoms with E-state index in [1.807, 2.05) is 18.2 Å². The van der Waals surface area contributed by atoms with Crippen LogP contribution in [0.1, 0.15) is 30.5 Å². The Morgan fingerprint density at radius 3 is 2.60 bits per heavy atom. The maximum Gasteiger partial charge on any atom is 0.488 e. The van der Waals surface area contributed by atoms with E-state index in [9.17, 15) is 35.0 Å². The number of phenolic OH excluding ortho intramolecular Hbond substituents is 1. The van der Waals surface area contributed by atoms with Crippen molar-refractivity contribution in [2.75, 3.05) is 25.2 Å². The smallest absolute Gasteiger partial charge is 0.488 e. The lowest BCUT2D eigenvalue weighted by molar-refractivity contribution is -0.123. The number of aliphatic hydroxyl groups excluding tert-OH is 2. The van der Waals surface area contributed by atoms with E-state index in [2.05, 4.69) is 4.98 Å². The number of aromatic nitrogens is 1. The van der Waals surface area contributed by atoms with Crippen molar-refractivity contribution < 1.29 is 39.7 Å². The van der Waals surface area contributed by atoms with Gasteiger partial charge in [-0.25, -0.2) is 0 Å². The Kier molecular flexibility index (Phi) is 10.2. The minimum Gasteiger partial charge on any atom is -0.508 e. The van der Waals surface area contributed by atoms with Gasteiger partial charge in [0.2, 0.25) is 11.8 Å². The largest absolute Gasteiger partial charge is 0.508 e. The molecular formula is C33H34BClN2O8. The lowest BCUT2D eigenvalue weighted by Crippen LogP contribution is -2.39. The van der Waals surface area contributed by atoms with E-state index in [4.69, 9.17) is 16.3 Å². The number of rotatable bonds is 11. The molecule has 45 heavy (non-hydrogen) atoms. The fourth-order valence-corrected chi connectivity index (χ4v) is 6.67. The van der Waals surface area contributed by atoms with Crippen molar-refractivity contribution >= 4 is 53.3 Å². The van der Waals surface area contributed by atoms with E-state index < -0.39 is 49.4 Å². The Morgan fingerprint density at radius 1 is 1.13 bits per heavy atom. The number of carbonyl (C=O) groups excluding carboxylic acids is 2. The van der Waals surface area contributed by atoms with Crippen molar-refractivity contribution in [2.24, 2.45) is 17.8 Å². The number of fused-ring (bicyclic) bond motifs is 1. The number of aliphatic hydroxyl groups is 2. The number of pyridine rings is 1. The highest BCUT2D eigenvalue weighted by Gasteiger charge is 2.55. The second kappa shape index (κ2) is 14.1. The van der Waals surface area contributed by atoms with Crippen LogP contribution in [0.4, 0.5) is 5.69 Å². The molecule has 0 bridgehead atoms. The standard InChI is InChI=1S/C33H34BClN2O8/c1-45-18-21-14-25-31(33(42)37(32(25)41)23-6-4-5-22(15-23)34(43)44)26(17-38)30(21)29(40)11-9-20(28-7-2-3-12-36-28)13-19-8-10-24(39)16-27(19)35/h2-8,10,12-13,15-16,25-26,29,31,38-40,43-44H,9,11,14,17-18H2,1H3/b20-13-/t25-,26+,29-,31-/m1/s1. The summed E-state index contributed by atoms with van der Waals surface area (Å²) in [5, 5.41) is 51.7. The van der Waals surface area contributed by atoms with Crippen molar-refractivity contribution in [1.82, 2.24) is 4.98 Å². The van der Waals surface area contributed by atoms with Crippen molar-refractivity contribution in [3.05, 3.63) is 94.3 Å². The highest BCUT2D eigenvalue weighted by molar-refractivity contribution is 6.58. The molecule has 2 aliphatic rings. The zero-order chi connectivity index (χ0) is 32.2. The van der Waals surface area contributed by atoms with Crippen molar-refractivity contribution in [3.63, 3.8) is 0 Å². The second-order valence-electron chi connectivity index (χ2n) is 11.2. The number of imide groups is 1. The summed E-state index contributed by atoms with van der Waals surface area (Å²) in [6.45, 7) is -0.374. The average Bonchev–Trinajstić information content (AvgIpc) is 3.28. The summed E-state index contributed by atoms with van der Waals surface area (Å²) in [7, 11) is -0.281. The Hall–Kier alpha value is -3.84. The molecule has 0 saturated carbocycles. The molecule has 4 atom stereocenters. The number of allylic oxidation sites excluding steroid dienone is 1. The molecule has 0 unspecified atom stereocenters. The molecule has 1 aromatic heterocycles. The van der Waals surface area contributed by atoms with Gasteiger partial charge in [0.1, 0.15) is 5.75 Å². The zero-order valence-corrected chi connectivity index (χ0v) is 25.3. The summed E-state index contributed by atoms with van der Waals surface area (Å²) in [5.74, 6) is -3.48. The second-order valence-corrected chi connectivity index (χ2v) is 11.6. The normalized spacial score (nSPS) is 20.9. The Bertz CT molecular complexity index is 1630. The minimum atomic E-state index is -1.78. The first-order chi connectivity index (χ1) is 21.6. The van der Waals surface area contributed by atoms with Crippen LogP contribution in [0, 0.1) is 17.8 Å². The maximum absolute atomic E-state index is 13.8. The number of phenols is 1. The van der Waals surface area contributed by atoms with Crippen molar-refractivity contribution in [3.8, 4) is 5.75 Å². The molecular weight excluding hydrogens is 599 g/mol. The van der Waals surface area contributed by atoms with Gasteiger partial charge in [0, 0.05) is 19.2 Å². The molecule has 10 nitrogen and oxygen atoms in total. The van der Waals surface area contributed by atoms with Crippen molar-refractivity contribution in [2.45, 2.75) is 25.4 Å². The molecule has 3 aromatic rings. The van der Waals surface area contributed by atoms with Gasteiger partial charge in [-0.3, -0.25) is 19.5 Å². The first-order valence-electron chi connectivity index (χ1n) is 14.6. The predicted molar refractivity (Wildman–Crippen MR) is 170 cm³/mol. The number of hydrogen-bond donors (Lipinski definition) is 5. The number of benzene rings is 2. The van der Waals surface area contributed by atoms with Crippen LogP contribution in [0.5, 0.6) is 5.75 Å². The number of hydrogen-bond acceptors (Lipinski definition) is 9. The van der Waals surface area contributed by atoms with Crippen LogP contribution in [0.3, 0.4) is 0 Å². The molecule has 2 aromatic carbocycles. The third kappa shape index (κ3) is 6.74. The molecule has 0 spiro atoms. The number of nitrogens with zero attached hydrogens (tertiary/aromatic N) is 2. The molecule has 2 heterocycles. The Labute approximate surface area is 266 Å². The van der Waals surface area contributed by atoms with E-state index in [0.717, 1.165) is 10.5 Å². The van der Waals surface area contributed by atoms with E-state index in [1.54, 1.807) is 18.3 Å². The molecule has 5 N–H and O–H groups in total. The van der Waals surface area contributed by atoms with Gasteiger partial charge in [0.15, 0.2) is 0 Å². The number of methoxy groups -OCH3 is 1. The van der Waals surface area contributed by atoms with Gasteiger partial charge in [-0.05, 0) is 95.5 Å². The molecule has 1 aliphatic carbocycles. The summed E-state index contributed by atoms with van der Waals surface area (Å²) in [4.78, 5) is 33.0. The van der Waals surface area contributed by atoms with E-state index in [-0.39, 0.29) is 36.3 Å². The zero-order valence-electron chi connectivity index (χ0n) is 24.6. The summed E-state index contributed by atoms with van der Waals surface area (Å²) in [6.07, 6.45) is 3.14. The van der Waals surface area contributed by atoms with Gasteiger partial charge in [-0.15, -0.1) is 0 Å². The van der Waals surface area contributed by atoms with Crippen LogP contribution in [0.25, 0.3) is 11.6 Å². The molecule has 1 saturated heterocycles. The molecule has 1 fully saturated rings. The third-order valence-electron chi connectivity index (χ3n) is 8.48. The number of halogens is 1. The van der Waals surface area contributed by atoms with E-state index in [0.29, 0.717) is 33.8 Å². The fourth-order valence-electron chi connectivity index (χ4n) is 6.44. The van der Waals surface area contributed by atoms with Gasteiger partial charge in [-0.2, -0.15) is 0 Å². The molecule has 5 rings (SSSR count). The van der Waals surface area contributed by atoms with Crippen LogP contribution in [-0.4, -0.2) is 75.7 Å². The monoisotopic (exact) mass is 632 g/mol. The summed E-state index contributed by atoms with van der Waals surface area (Å²) in [5.41, 5.74) is 3.56. The fraction of sp³-hybridized carbons (Fsp3) is 0.303. The van der Waals surface area contributed by atoms with E-state index in [1.165, 1.54) is 43.5 Å². The number of aromatic hydroxyl groups is 1. The van der Waals surface area contributed by atoms with Crippen LogP contribution in [0.2, 0.25) is 5.02 Å². The third-order valence-corrected chi connectivity index (χ3v) is 8.81. The number of ether oxygens (including phenoxy) is 1. The molecule has 234 valence electrons. The first-order valence-corrected chi connectivity index (χ1v) is 15.0. The maximum atomic E-state index is 13.8. The number of anilines is 1. The van der Waals surface area contributed by atoms with Crippen LogP contribution < -0.4 is 10.4 Å². The van der Waals surface area contributed by atoms with Gasteiger partial charge in [0.05, 0.1) is 47.6 Å². The van der Waals surface area contributed by atoms with Crippen LogP contribution >= 0.6 is 11.6 Å². The first kappa shape index (κ1) is 32.6. The topological polar surface area (TPSA) is 161 Å². The van der Waals surface area contributed by atoms with E-state index >= 15 is 0 Å². The summed E-state index contributed by atoms with van der Waals surface area (Å²) >= 11 is 6.38. The predicted octanol–water partition coefficient (Wildman–Crippen LogP) is 2.56. The lowest BCUT2D eigenvalue weighted by Gasteiger charge is -2.36. The summed E-state index contributed by atoms with van der Waals surface area (Å²) < 4.78 is 5.44. The highest BCUT2D eigenvalue weighted by atomic mass is 35.5. The Balaban J connectivity index is 1.45. The van der Waals surface area contributed by atoms with Gasteiger partial charge in [-0.1, -0.05) is 29.8 Å². The van der Waals surface area contributed by atoms with Gasteiger partial charge < -0.3 is 30.1 Å². The quantitative estimate of drug-likeness (QED) is 0.122. The lowest BCUT2D eigenvalue weighted by atomic mass is 9.68. The highest BCUT2D eigenvalue weighted by Crippen LogP contribution is 2.47. The molecule has 0 radical (unpaired) electrons. The average molecular weight is 633 g/mol. The van der Waals surface area contributed by atoms with Gasteiger partial charge in [0.25, 0.3) is 0 Å². The Morgan fingerprint density at radius 2 is 1.93 bits per heavy atom. The summed E-state index contributed by atoms with van der Waals surface area (Å²) in [6, 6.07) is 16.0. The molecule has 1 aliphatic heterocycles. The van der Waals surface area contributed by atoms with Crippen molar-refractivity contribution in [1.29, 1.82) is 0 Å².